The van der Waals surface area contributed by atoms with Crippen LogP contribution in [0.4, 0.5) is 5.69 Å². The number of nitrogens with zero attached hydrogens (tertiary/aromatic N) is 1. The molecule has 4 nitrogen and oxygen atoms in total. The van der Waals surface area contributed by atoms with Gasteiger partial charge in [0.2, 0.25) is 0 Å². The normalized spacial score (nSPS) is 10.4. The minimum atomic E-state index is -0.955. The molecule has 2 rings (SSSR count). The molecule has 0 radical (unpaired) electrons. The second-order valence-corrected chi connectivity index (χ2v) is 4.42. The number of hydrogen-bond donors (Lipinski definition) is 1. The van der Waals surface area contributed by atoms with Gasteiger partial charge in [-0.05, 0) is 37.6 Å². The van der Waals surface area contributed by atoms with Crippen LogP contribution in [0, 0.1) is 6.92 Å². The number of carboxylic acid groups (broad SMARTS) is 1. The molecule has 1 N–H and O–H groups in total. The Morgan fingerprint density at radius 2 is 2.16 bits per heavy atom. The lowest BCUT2D eigenvalue weighted by Gasteiger charge is -2.22. The zero-order chi connectivity index (χ0) is 13.8. The Hall–Kier alpha value is -2.23. The smallest absolute Gasteiger partial charge is 0.339 e. The highest BCUT2D eigenvalue weighted by atomic mass is 16.4. The summed E-state index contributed by atoms with van der Waals surface area (Å²) >= 11 is 0. The van der Waals surface area contributed by atoms with Crippen molar-refractivity contribution in [3.05, 3.63) is 53.5 Å². The molecule has 0 aliphatic heterocycles. The number of aromatic carboxylic acids is 1. The molecule has 0 amide bonds. The topological polar surface area (TPSA) is 53.7 Å². The summed E-state index contributed by atoms with van der Waals surface area (Å²) in [5, 5.41) is 9.08. The fraction of sp³-hybridized carbons (Fsp3) is 0.267. The number of hydrogen-bond acceptors (Lipinski definition) is 3. The van der Waals surface area contributed by atoms with E-state index in [0.717, 1.165) is 12.2 Å². The Kier molecular flexibility index (Phi) is 3.90. The fourth-order valence-electron chi connectivity index (χ4n) is 2.04. The second kappa shape index (κ2) is 5.61. The Balaban J connectivity index is 2.24. The molecule has 4 heteroatoms. The van der Waals surface area contributed by atoms with Gasteiger partial charge in [-0.2, -0.15) is 0 Å². The fourth-order valence-corrected chi connectivity index (χ4v) is 2.04. The lowest BCUT2D eigenvalue weighted by molar-refractivity contribution is 0.0694. The van der Waals surface area contributed by atoms with Crippen LogP contribution in [0.2, 0.25) is 0 Å². The molecule has 2 aromatic rings. The van der Waals surface area contributed by atoms with Gasteiger partial charge in [-0.1, -0.05) is 12.1 Å². The highest BCUT2D eigenvalue weighted by Gasteiger charge is 2.16. The number of rotatable bonds is 5. The summed E-state index contributed by atoms with van der Waals surface area (Å²) in [6.45, 7) is 5.30. The number of carbonyl (C=O) groups is 1. The highest BCUT2D eigenvalue weighted by molar-refractivity contribution is 5.88. The average molecular weight is 259 g/mol. The first-order valence-corrected chi connectivity index (χ1v) is 6.23. The van der Waals surface area contributed by atoms with E-state index in [0.29, 0.717) is 12.3 Å². The van der Waals surface area contributed by atoms with Crippen molar-refractivity contribution in [2.75, 3.05) is 11.4 Å². The van der Waals surface area contributed by atoms with Gasteiger partial charge in [0, 0.05) is 12.2 Å². The minimum absolute atomic E-state index is 0.228. The quantitative estimate of drug-likeness (QED) is 0.895. The first-order valence-electron chi connectivity index (χ1n) is 6.23. The first kappa shape index (κ1) is 13.2. The third kappa shape index (κ3) is 2.96. The van der Waals surface area contributed by atoms with Crippen LogP contribution in [0.25, 0.3) is 0 Å². The van der Waals surface area contributed by atoms with Crippen LogP contribution in [0.3, 0.4) is 0 Å². The molecule has 0 atom stereocenters. The monoisotopic (exact) mass is 259 g/mol. The number of benzene rings is 1. The highest BCUT2D eigenvalue weighted by Crippen LogP contribution is 2.20. The van der Waals surface area contributed by atoms with E-state index >= 15 is 0 Å². The third-order valence-electron chi connectivity index (χ3n) is 3.06. The van der Waals surface area contributed by atoms with Gasteiger partial charge in [0.1, 0.15) is 11.3 Å². The molecule has 0 fully saturated rings. The third-order valence-corrected chi connectivity index (χ3v) is 3.06. The molecule has 1 heterocycles. The van der Waals surface area contributed by atoms with Crippen LogP contribution in [0.5, 0.6) is 0 Å². The van der Waals surface area contributed by atoms with Gasteiger partial charge in [0.05, 0.1) is 12.8 Å². The van der Waals surface area contributed by atoms with E-state index in [1.807, 2.05) is 32.0 Å². The SMILES string of the molecule is CCN(Cc1occc1C(=O)O)c1cccc(C)c1. The molecule has 1 aromatic heterocycles. The van der Waals surface area contributed by atoms with E-state index in [1.165, 1.54) is 17.9 Å². The molecule has 0 spiro atoms. The van der Waals surface area contributed by atoms with Crippen molar-refractivity contribution in [2.24, 2.45) is 0 Å². The molecule has 0 aliphatic rings. The van der Waals surface area contributed by atoms with Crippen LogP contribution in [0.1, 0.15) is 28.6 Å². The van der Waals surface area contributed by atoms with Gasteiger partial charge in [-0.25, -0.2) is 4.79 Å². The van der Waals surface area contributed by atoms with Crippen molar-refractivity contribution in [3.8, 4) is 0 Å². The van der Waals surface area contributed by atoms with Crippen molar-refractivity contribution in [3.63, 3.8) is 0 Å². The van der Waals surface area contributed by atoms with Crippen LogP contribution in [-0.4, -0.2) is 17.6 Å². The van der Waals surface area contributed by atoms with Crippen molar-refractivity contribution >= 4 is 11.7 Å². The van der Waals surface area contributed by atoms with Crippen molar-refractivity contribution in [1.82, 2.24) is 0 Å². The molecule has 0 unspecified atom stereocenters. The van der Waals surface area contributed by atoms with E-state index in [1.54, 1.807) is 0 Å². The lowest BCUT2D eigenvalue weighted by Crippen LogP contribution is -2.22. The Bertz CT molecular complexity index is 574. The average Bonchev–Trinajstić information content (AvgIpc) is 2.84. The van der Waals surface area contributed by atoms with Crippen molar-refractivity contribution in [1.29, 1.82) is 0 Å². The van der Waals surface area contributed by atoms with Gasteiger partial charge >= 0.3 is 5.97 Å². The molecule has 1 aromatic carbocycles. The molecule has 0 aliphatic carbocycles. The molecule has 100 valence electrons. The van der Waals surface area contributed by atoms with Gasteiger partial charge in [0.15, 0.2) is 0 Å². The summed E-state index contributed by atoms with van der Waals surface area (Å²) < 4.78 is 5.29. The van der Waals surface area contributed by atoms with Crippen LogP contribution < -0.4 is 4.90 Å². The lowest BCUT2D eigenvalue weighted by atomic mass is 10.2. The van der Waals surface area contributed by atoms with Gasteiger partial charge in [0.25, 0.3) is 0 Å². The molecular formula is C15H17NO3. The summed E-state index contributed by atoms with van der Waals surface area (Å²) in [7, 11) is 0. The van der Waals surface area contributed by atoms with Gasteiger partial charge in [-0.3, -0.25) is 0 Å². The van der Waals surface area contributed by atoms with E-state index < -0.39 is 5.97 Å². The maximum absolute atomic E-state index is 11.1. The molecule has 0 bridgehead atoms. The molecule has 19 heavy (non-hydrogen) atoms. The van der Waals surface area contributed by atoms with Gasteiger partial charge < -0.3 is 14.4 Å². The number of aryl methyl sites for hydroxylation is 1. The zero-order valence-corrected chi connectivity index (χ0v) is 11.1. The van der Waals surface area contributed by atoms with Crippen LogP contribution >= 0.6 is 0 Å². The maximum Gasteiger partial charge on any atom is 0.339 e. The van der Waals surface area contributed by atoms with Crippen molar-refractivity contribution < 1.29 is 14.3 Å². The Labute approximate surface area is 112 Å². The molecule has 0 saturated carbocycles. The minimum Gasteiger partial charge on any atom is -0.478 e. The summed E-state index contributed by atoms with van der Waals surface area (Å²) in [6, 6.07) is 9.61. The Morgan fingerprint density at radius 1 is 1.37 bits per heavy atom. The van der Waals surface area contributed by atoms with Crippen molar-refractivity contribution in [2.45, 2.75) is 20.4 Å². The summed E-state index contributed by atoms with van der Waals surface area (Å²) in [6.07, 6.45) is 1.42. The summed E-state index contributed by atoms with van der Waals surface area (Å²) in [5.74, 6) is -0.472. The van der Waals surface area contributed by atoms with Gasteiger partial charge in [-0.15, -0.1) is 0 Å². The van der Waals surface area contributed by atoms with E-state index in [2.05, 4.69) is 11.0 Å². The number of anilines is 1. The largest absolute Gasteiger partial charge is 0.478 e. The predicted octanol–water partition coefficient (Wildman–Crippen LogP) is 3.31. The number of carboxylic acids is 1. The first-order chi connectivity index (χ1) is 9.11. The number of furan rings is 1. The maximum atomic E-state index is 11.1. The molecule has 0 saturated heterocycles. The zero-order valence-electron chi connectivity index (χ0n) is 11.1. The van der Waals surface area contributed by atoms with Crippen LogP contribution in [-0.2, 0) is 6.54 Å². The standard InChI is InChI=1S/C15H17NO3/c1-3-16(12-6-4-5-11(2)9-12)10-14-13(15(17)18)7-8-19-14/h4-9H,3,10H2,1-2H3,(H,17,18). The van der Waals surface area contributed by atoms with E-state index in [-0.39, 0.29) is 5.56 Å². The molecular weight excluding hydrogens is 242 g/mol. The van der Waals surface area contributed by atoms with E-state index in [4.69, 9.17) is 9.52 Å². The van der Waals surface area contributed by atoms with E-state index in [9.17, 15) is 4.79 Å². The van der Waals surface area contributed by atoms with Crippen LogP contribution in [0.15, 0.2) is 41.0 Å². The second-order valence-electron chi connectivity index (χ2n) is 4.42. The summed E-state index contributed by atoms with van der Waals surface area (Å²) in [5.41, 5.74) is 2.47. The Morgan fingerprint density at radius 3 is 2.79 bits per heavy atom. The summed E-state index contributed by atoms with van der Waals surface area (Å²) in [4.78, 5) is 13.1. The predicted molar refractivity (Wildman–Crippen MR) is 73.6 cm³/mol.